The molecule has 2 rings (SSSR count). The SMILES string of the molecule is Cc1c(Cl)cccc1C(=O)N1CCOC(C(N)=S)C1. The zero-order chi connectivity index (χ0) is 14.0. The number of nitrogens with two attached hydrogens (primary N) is 1. The highest BCUT2D eigenvalue weighted by atomic mass is 35.5. The van der Waals surface area contributed by atoms with Crippen molar-refractivity contribution in [1.82, 2.24) is 4.90 Å². The third-order valence-corrected chi connectivity index (χ3v) is 3.84. The number of thiocarbonyl (C=S) groups is 1. The molecule has 1 saturated heterocycles. The van der Waals surface area contributed by atoms with Crippen LogP contribution in [-0.2, 0) is 4.74 Å². The molecule has 2 N–H and O–H groups in total. The highest BCUT2D eigenvalue weighted by molar-refractivity contribution is 7.80. The number of carbonyl (C=O) groups is 1. The minimum atomic E-state index is -0.368. The molecule has 0 aliphatic carbocycles. The maximum atomic E-state index is 12.5. The number of hydrogen-bond donors (Lipinski definition) is 1. The van der Waals surface area contributed by atoms with Crippen molar-refractivity contribution in [3.8, 4) is 0 Å². The van der Waals surface area contributed by atoms with Gasteiger partial charge in [-0.2, -0.15) is 0 Å². The van der Waals surface area contributed by atoms with E-state index in [0.29, 0.717) is 30.3 Å². The monoisotopic (exact) mass is 298 g/mol. The Kier molecular flexibility index (Phi) is 4.39. The van der Waals surface area contributed by atoms with E-state index in [9.17, 15) is 4.79 Å². The van der Waals surface area contributed by atoms with E-state index in [4.69, 9.17) is 34.3 Å². The molecule has 4 nitrogen and oxygen atoms in total. The quantitative estimate of drug-likeness (QED) is 0.846. The van der Waals surface area contributed by atoms with Crippen LogP contribution in [0.1, 0.15) is 15.9 Å². The number of amides is 1. The van der Waals surface area contributed by atoms with Crippen LogP contribution < -0.4 is 5.73 Å². The first-order valence-electron chi connectivity index (χ1n) is 5.96. The van der Waals surface area contributed by atoms with E-state index in [1.165, 1.54) is 0 Å². The van der Waals surface area contributed by atoms with Crippen molar-refractivity contribution >= 4 is 34.7 Å². The van der Waals surface area contributed by atoms with Crippen LogP contribution in [0, 0.1) is 6.92 Å². The summed E-state index contributed by atoms with van der Waals surface area (Å²) in [4.78, 5) is 14.4. The predicted molar refractivity (Wildman–Crippen MR) is 78.6 cm³/mol. The Hall–Kier alpha value is -1.17. The summed E-state index contributed by atoms with van der Waals surface area (Å²) in [5, 5.41) is 0.588. The van der Waals surface area contributed by atoms with E-state index in [-0.39, 0.29) is 17.0 Å². The lowest BCUT2D eigenvalue weighted by atomic mass is 10.1. The predicted octanol–water partition coefficient (Wildman–Crippen LogP) is 1.78. The van der Waals surface area contributed by atoms with E-state index in [2.05, 4.69) is 0 Å². The first-order chi connectivity index (χ1) is 9.00. The van der Waals surface area contributed by atoms with Crippen LogP contribution in [0.2, 0.25) is 5.02 Å². The van der Waals surface area contributed by atoms with E-state index in [0.717, 1.165) is 5.56 Å². The van der Waals surface area contributed by atoms with Gasteiger partial charge in [-0.15, -0.1) is 0 Å². The van der Waals surface area contributed by atoms with Crippen molar-refractivity contribution in [3.05, 3.63) is 34.3 Å². The van der Waals surface area contributed by atoms with Crippen LogP contribution in [0.25, 0.3) is 0 Å². The van der Waals surface area contributed by atoms with Gasteiger partial charge < -0.3 is 15.4 Å². The summed E-state index contributed by atoms with van der Waals surface area (Å²) in [7, 11) is 0. The number of morpholine rings is 1. The van der Waals surface area contributed by atoms with E-state index in [1.807, 2.05) is 6.92 Å². The second kappa shape index (κ2) is 5.86. The molecule has 1 unspecified atom stereocenters. The van der Waals surface area contributed by atoms with Crippen molar-refractivity contribution < 1.29 is 9.53 Å². The molecule has 0 saturated carbocycles. The van der Waals surface area contributed by atoms with Crippen molar-refractivity contribution in [3.63, 3.8) is 0 Å². The van der Waals surface area contributed by atoms with Gasteiger partial charge >= 0.3 is 0 Å². The van der Waals surface area contributed by atoms with Crippen LogP contribution in [0.3, 0.4) is 0 Å². The third-order valence-electron chi connectivity index (χ3n) is 3.17. The molecule has 0 spiro atoms. The van der Waals surface area contributed by atoms with E-state index >= 15 is 0 Å². The van der Waals surface area contributed by atoms with Crippen LogP contribution in [0.5, 0.6) is 0 Å². The Morgan fingerprint density at radius 1 is 1.58 bits per heavy atom. The topological polar surface area (TPSA) is 55.6 Å². The van der Waals surface area contributed by atoms with Crippen LogP contribution in [0.15, 0.2) is 18.2 Å². The first-order valence-corrected chi connectivity index (χ1v) is 6.74. The molecule has 1 aliphatic heterocycles. The molecule has 1 fully saturated rings. The Morgan fingerprint density at radius 2 is 2.32 bits per heavy atom. The zero-order valence-electron chi connectivity index (χ0n) is 10.6. The summed E-state index contributed by atoms with van der Waals surface area (Å²) < 4.78 is 5.42. The van der Waals surface area contributed by atoms with Gasteiger partial charge in [0, 0.05) is 17.1 Å². The molecule has 1 amide bonds. The Labute approximate surface area is 122 Å². The number of carbonyl (C=O) groups excluding carboxylic acids is 1. The van der Waals surface area contributed by atoms with Crippen molar-refractivity contribution in [2.75, 3.05) is 19.7 Å². The molecule has 0 bridgehead atoms. The van der Waals surface area contributed by atoms with Gasteiger partial charge in [-0.25, -0.2) is 0 Å². The second-order valence-electron chi connectivity index (χ2n) is 4.43. The fourth-order valence-corrected chi connectivity index (χ4v) is 2.33. The second-order valence-corrected chi connectivity index (χ2v) is 5.30. The molecule has 19 heavy (non-hydrogen) atoms. The van der Waals surface area contributed by atoms with Crippen LogP contribution >= 0.6 is 23.8 Å². The van der Waals surface area contributed by atoms with Gasteiger partial charge in [0.15, 0.2) is 0 Å². The minimum absolute atomic E-state index is 0.0652. The summed E-state index contributed by atoms with van der Waals surface area (Å²) in [5.41, 5.74) is 6.96. The lowest BCUT2D eigenvalue weighted by molar-refractivity contribution is 0.00875. The van der Waals surface area contributed by atoms with Gasteiger partial charge in [0.25, 0.3) is 5.91 Å². The number of hydrogen-bond acceptors (Lipinski definition) is 3. The minimum Gasteiger partial charge on any atom is -0.391 e. The van der Waals surface area contributed by atoms with Gasteiger partial charge in [-0.3, -0.25) is 4.79 Å². The molecule has 1 aliphatic rings. The lowest BCUT2D eigenvalue weighted by Gasteiger charge is -2.32. The molecule has 1 aromatic rings. The van der Waals surface area contributed by atoms with Crippen LogP contribution in [-0.4, -0.2) is 41.6 Å². The summed E-state index contributed by atoms with van der Waals surface area (Å²) in [6.07, 6.45) is -0.368. The number of halogens is 1. The number of rotatable bonds is 2. The van der Waals surface area contributed by atoms with Crippen molar-refractivity contribution in [1.29, 1.82) is 0 Å². The van der Waals surface area contributed by atoms with Gasteiger partial charge in [-0.1, -0.05) is 29.9 Å². The number of benzene rings is 1. The molecule has 0 aromatic heterocycles. The Morgan fingerprint density at radius 3 is 3.00 bits per heavy atom. The normalized spacial score (nSPS) is 19.3. The zero-order valence-corrected chi connectivity index (χ0v) is 12.1. The fraction of sp³-hybridized carbons (Fsp3) is 0.385. The molecule has 102 valence electrons. The molecule has 6 heteroatoms. The average Bonchev–Trinajstić information content (AvgIpc) is 2.41. The van der Waals surface area contributed by atoms with Crippen molar-refractivity contribution in [2.24, 2.45) is 5.73 Å². The summed E-state index contributed by atoms with van der Waals surface area (Å²) in [5.74, 6) is -0.0652. The maximum absolute atomic E-state index is 12.5. The summed E-state index contributed by atoms with van der Waals surface area (Å²) in [6, 6.07) is 5.31. The van der Waals surface area contributed by atoms with Crippen molar-refractivity contribution in [2.45, 2.75) is 13.0 Å². The van der Waals surface area contributed by atoms with Crippen LogP contribution in [0.4, 0.5) is 0 Å². The Balaban J connectivity index is 2.19. The third kappa shape index (κ3) is 3.05. The highest BCUT2D eigenvalue weighted by Crippen LogP contribution is 2.21. The standard InChI is InChI=1S/C13H15ClN2O2S/c1-8-9(3-2-4-10(8)14)13(17)16-5-6-18-11(7-16)12(15)19/h2-4,11H,5-7H2,1H3,(H2,15,19). The fourth-order valence-electron chi connectivity index (χ4n) is 2.02. The van der Waals surface area contributed by atoms with Gasteiger partial charge in [-0.05, 0) is 24.6 Å². The molecular formula is C13H15ClN2O2S. The van der Waals surface area contributed by atoms with Gasteiger partial charge in [0.05, 0.1) is 13.2 Å². The molecule has 1 aromatic carbocycles. The summed E-state index contributed by atoms with van der Waals surface area (Å²) >= 11 is 11.0. The molecule has 0 radical (unpaired) electrons. The average molecular weight is 299 g/mol. The number of ether oxygens (including phenoxy) is 1. The largest absolute Gasteiger partial charge is 0.391 e. The lowest BCUT2D eigenvalue weighted by Crippen LogP contribution is -2.50. The maximum Gasteiger partial charge on any atom is 0.254 e. The van der Waals surface area contributed by atoms with Gasteiger partial charge in [0.1, 0.15) is 11.1 Å². The Bertz CT molecular complexity index is 521. The van der Waals surface area contributed by atoms with E-state index < -0.39 is 0 Å². The van der Waals surface area contributed by atoms with Gasteiger partial charge in [0.2, 0.25) is 0 Å². The summed E-state index contributed by atoms with van der Waals surface area (Å²) in [6.45, 7) is 3.19. The molecule has 1 heterocycles. The first kappa shape index (κ1) is 14.2. The molecule has 1 atom stereocenters. The molecular weight excluding hydrogens is 284 g/mol. The van der Waals surface area contributed by atoms with E-state index in [1.54, 1.807) is 23.1 Å². The number of nitrogens with zero attached hydrogens (tertiary/aromatic N) is 1. The highest BCUT2D eigenvalue weighted by Gasteiger charge is 2.27. The smallest absolute Gasteiger partial charge is 0.254 e.